The zero-order valence-corrected chi connectivity index (χ0v) is 9.71. The van der Waals surface area contributed by atoms with Gasteiger partial charge in [0, 0.05) is 13.5 Å². The number of hydrogen-bond acceptors (Lipinski definition) is 4. The first kappa shape index (κ1) is 12.1. The van der Waals surface area contributed by atoms with Gasteiger partial charge in [0.1, 0.15) is 11.4 Å². The van der Waals surface area contributed by atoms with Crippen LogP contribution in [0.1, 0.15) is 38.3 Å². The van der Waals surface area contributed by atoms with Crippen LogP contribution in [0.5, 0.6) is 0 Å². The van der Waals surface area contributed by atoms with Gasteiger partial charge in [-0.25, -0.2) is 4.98 Å². The van der Waals surface area contributed by atoms with E-state index >= 15 is 0 Å². The van der Waals surface area contributed by atoms with Gasteiger partial charge in [0.2, 0.25) is 0 Å². The van der Waals surface area contributed by atoms with Crippen LogP contribution in [0.3, 0.4) is 0 Å². The molecule has 0 aliphatic rings. The van der Waals surface area contributed by atoms with E-state index in [0.29, 0.717) is 6.54 Å². The summed E-state index contributed by atoms with van der Waals surface area (Å²) in [7, 11) is 1.68. The Morgan fingerprint density at radius 1 is 1.53 bits per heavy atom. The molecule has 5 heteroatoms. The van der Waals surface area contributed by atoms with Gasteiger partial charge in [0.25, 0.3) is 0 Å². The van der Waals surface area contributed by atoms with E-state index in [4.69, 9.17) is 10.5 Å². The lowest BCUT2D eigenvalue weighted by molar-refractivity contribution is -0.00872. The van der Waals surface area contributed by atoms with E-state index in [1.165, 1.54) is 0 Å². The van der Waals surface area contributed by atoms with Gasteiger partial charge in [0.15, 0.2) is 5.82 Å². The summed E-state index contributed by atoms with van der Waals surface area (Å²) in [5.74, 6) is 1.60. The third-order valence-corrected chi connectivity index (χ3v) is 2.75. The Hall–Kier alpha value is -0.940. The fraction of sp³-hybridized carbons (Fsp3) is 0.800. The molecule has 0 fully saturated rings. The van der Waals surface area contributed by atoms with E-state index < -0.39 is 5.60 Å². The number of aromatic amines is 1. The molecule has 15 heavy (non-hydrogen) atoms. The summed E-state index contributed by atoms with van der Waals surface area (Å²) in [5, 5.41) is 7.10. The first-order chi connectivity index (χ1) is 7.16. The first-order valence-corrected chi connectivity index (χ1v) is 5.33. The van der Waals surface area contributed by atoms with E-state index in [9.17, 15) is 0 Å². The number of nitrogens with two attached hydrogens (primary N) is 1. The largest absolute Gasteiger partial charge is 0.370 e. The van der Waals surface area contributed by atoms with Crippen molar-refractivity contribution in [2.24, 2.45) is 5.73 Å². The summed E-state index contributed by atoms with van der Waals surface area (Å²) in [5.41, 5.74) is 5.04. The molecule has 0 aromatic carbocycles. The Morgan fingerprint density at radius 2 is 2.27 bits per heavy atom. The van der Waals surface area contributed by atoms with Gasteiger partial charge in [-0.15, -0.1) is 0 Å². The van der Waals surface area contributed by atoms with Crippen molar-refractivity contribution in [2.45, 2.75) is 38.7 Å². The van der Waals surface area contributed by atoms with E-state index in [1.54, 1.807) is 7.11 Å². The molecule has 1 heterocycles. The molecule has 3 N–H and O–H groups in total. The van der Waals surface area contributed by atoms with Gasteiger partial charge >= 0.3 is 0 Å². The Morgan fingerprint density at radius 3 is 2.80 bits per heavy atom. The number of ether oxygens (including phenoxy) is 1. The second-order valence-corrected chi connectivity index (χ2v) is 3.79. The fourth-order valence-corrected chi connectivity index (χ4v) is 1.31. The van der Waals surface area contributed by atoms with Gasteiger partial charge in [0.05, 0.1) is 0 Å². The molecule has 1 aromatic heterocycles. The third kappa shape index (κ3) is 2.76. The average molecular weight is 212 g/mol. The minimum Gasteiger partial charge on any atom is -0.370 e. The van der Waals surface area contributed by atoms with Crippen molar-refractivity contribution in [1.82, 2.24) is 15.2 Å². The number of H-pyrrole nitrogens is 1. The second kappa shape index (κ2) is 5.23. The first-order valence-electron chi connectivity index (χ1n) is 5.33. The molecule has 1 aromatic rings. The second-order valence-electron chi connectivity index (χ2n) is 3.79. The molecule has 0 saturated heterocycles. The van der Waals surface area contributed by atoms with Crippen LogP contribution in [0.4, 0.5) is 0 Å². The molecule has 0 aliphatic carbocycles. The zero-order chi connectivity index (χ0) is 11.3. The normalized spacial score (nSPS) is 15.2. The quantitative estimate of drug-likeness (QED) is 0.736. The molecule has 0 aliphatic heterocycles. The topological polar surface area (TPSA) is 76.8 Å². The van der Waals surface area contributed by atoms with Crippen LogP contribution < -0.4 is 5.73 Å². The lowest BCUT2D eigenvalue weighted by atomic mass is 10.0. The maximum absolute atomic E-state index is 5.43. The van der Waals surface area contributed by atoms with Crippen LogP contribution in [-0.2, 0) is 16.8 Å². The van der Waals surface area contributed by atoms with Crippen LogP contribution in [0, 0.1) is 0 Å². The summed E-state index contributed by atoms with van der Waals surface area (Å²) < 4.78 is 5.42. The standard InChI is InChI=1S/C10H20N4O/c1-4-10(2,15-3)9-12-8(13-14-9)6-5-7-11/h4-7,11H2,1-3H3,(H,12,13,14). The summed E-state index contributed by atoms with van der Waals surface area (Å²) in [6.45, 7) is 4.72. The number of nitrogens with zero attached hydrogens (tertiary/aromatic N) is 2. The molecular weight excluding hydrogens is 192 g/mol. The van der Waals surface area contributed by atoms with E-state index in [1.807, 2.05) is 6.92 Å². The minimum absolute atomic E-state index is 0.391. The number of aryl methyl sites for hydroxylation is 1. The highest BCUT2D eigenvalue weighted by atomic mass is 16.5. The summed E-state index contributed by atoms with van der Waals surface area (Å²) in [4.78, 5) is 4.41. The molecule has 1 unspecified atom stereocenters. The lowest BCUT2D eigenvalue weighted by Gasteiger charge is -2.22. The number of methoxy groups -OCH3 is 1. The maximum Gasteiger partial charge on any atom is 0.182 e. The Bertz CT molecular complexity index is 293. The number of nitrogens with one attached hydrogen (secondary N) is 1. The van der Waals surface area contributed by atoms with Crippen molar-refractivity contribution in [3.63, 3.8) is 0 Å². The summed E-state index contributed by atoms with van der Waals surface area (Å²) in [6.07, 6.45) is 2.61. The van der Waals surface area contributed by atoms with Crippen LogP contribution in [0.2, 0.25) is 0 Å². The molecule has 0 saturated carbocycles. The van der Waals surface area contributed by atoms with Crippen molar-refractivity contribution in [3.8, 4) is 0 Å². The van der Waals surface area contributed by atoms with E-state index in [0.717, 1.165) is 30.9 Å². The van der Waals surface area contributed by atoms with Crippen molar-refractivity contribution in [1.29, 1.82) is 0 Å². The predicted molar refractivity (Wildman–Crippen MR) is 58.4 cm³/mol. The number of aromatic nitrogens is 3. The molecule has 0 amide bonds. The zero-order valence-electron chi connectivity index (χ0n) is 9.71. The monoisotopic (exact) mass is 212 g/mol. The van der Waals surface area contributed by atoms with Gasteiger partial charge in [-0.1, -0.05) is 6.92 Å². The van der Waals surface area contributed by atoms with Crippen LogP contribution in [-0.4, -0.2) is 28.8 Å². The van der Waals surface area contributed by atoms with Crippen molar-refractivity contribution < 1.29 is 4.74 Å². The van der Waals surface area contributed by atoms with E-state index in [2.05, 4.69) is 22.1 Å². The summed E-state index contributed by atoms with van der Waals surface area (Å²) >= 11 is 0. The van der Waals surface area contributed by atoms with Crippen LogP contribution in [0.25, 0.3) is 0 Å². The average Bonchev–Trinajstić information content (AvgIpc) is 2.74. The SMILES string of the molecule is CCC(C)(OC)c1n[nH]c(CCCN)n1. The molecule has 0 bridgehead atoms. The van der Waals surface area contributed by atoms with Gasteiger partial charge < -0.3 is 10.5 Å². The number of hydrogen-bond donors (Lipinski definition) is 2. The molecule has 5 nitrogen and oxygen atoms in total. The number of rotatable bonds is 6. The predicted octanol–water partition coefficient (Wildman–Crippen LogP) is 0.968. The van der Waals surface area contributed by atoms with Crippen molar-refractivity contribution in [3.05, 3.63) is 11.6 Å². The molecule has 86 valence electrons. The third-order valence-electron chi connectivity index (χ3n) is 2.75. The van der Waals surface area contributed by atoms with Crippen molar-refractivity contribution >= 4 is 0 Å². The minimum atomic E-state index is -0.391. The molecular formula is C10H20N4O. The molecule has 1 rings (SSSR count). The lowest BCUT2D eigenvalue weighted by Crippen LogP contribution is -2.24. The smallest absolute Gasteiger partial charge is 0.182 e. The maximum atomic E-state index is 5.43. The van der Waals surface area contributed by atoms with Gasteiger partial charge in [-0.05, 0) is 26.3 Å². The highest BCUT2D eigenvalue weighted by Crippen LogP contribution is 2.24. The molecule has 0 radical (unpaired) electrons. The van der Waals surface area contributed by atoms with Crippen LogP contribution in [0.15, 0.2) is 0 Å². The van der Waals surface area contributed by atoms with E-state index in [-0.39, 0.29) is 0 Å². The Kier molecular flexibility index (Phi) is 4.23. The Labute approximate surface area is 90.4 Å². The highest BCUT2D eigenvalue weighted by Gasteiger charge is 2.28. The molecule has 0 spiro atoms. The van der Waals surface area contributed by atoms with Crippen molar-refractivity contribution in [2.75, 3.05) is 13.7 Å². The Balaban J connectivity index is 2.74. The van der Waals surface area contributed by atoms with Crippen LogP contribution >= 0.6 is 0 Å². The molecule has 1 atom stereocenters. The van der Waals surface area contributed by atoms with Gasteiger partial charge in [-0.2, -0.15) is 5.10 Å². The highest BCUT2D eigenvalue weighted by molar-refractivity contribution is 5.01. The fourth-order valence-electron chi connectivity index (χ4n) is 1.31. The summed E-state index contributed by atoms with van der Waals surface area (Å²) in [6, 6.07) is 0. The van der Waals surface area contributed by atoms with Gasteiger partial charge in [-0.3, -0.25) is 5.10 Å².